The summed E-state index contributed by atoms with van der Waals surface area (Å²) in [6.07, 6.45) is 1.30. The number of rotatable bonds is 5. The molecule has 1 aromatic heterocycles. The second-order valence-electron chi connectivity index (χ2n) is 5.88. The van der Waals surface area contributed by atoms with E-state index in [1.54, 1.807) is 24.3 Å². The van der Waals surface area contributed by atoms with Gasteiger partial charge >= 0.3 is 0 Å². The molecule has 9 nitrogen and oxygen atoms in total. The van der Waals surface area contributed by atoms with Crippen molar-refractivity contribution in [3.05, 3.63) is 58.3 Å². The summed E-state index contributed by atoms with van der Waals surface area (Å²) >= 11 is 11.9. The number of aromatic nitrogens is 2. The first-order valence-corrected chi connectivity index (χ1v) is 9.05. The van der Waals surface area contributed by atoms with Crippen LogP contribution in [0.25, 0.3) is 0 Å². The Morgan fingerprint density at radius 2 is 1.83 bits per heavy atom. The van der Waals surface area contributed by atoms with Crippen LogP contribution in [0.1, 0.15) is 10.4 Å². The van der Waals surface area contributed by atoms with Crippen molar-refractivity contribution in [3.63, 3.8) is 0 Å². The number of nitrogens with two attached hydrogens (primary N) is 1. The summed E-state index contributed by atoms with van der Waals surface area (Å²) in [4.78, 5) is 20.5. The number of hydrogen-bond acceptors (Lipinski definition) is 8. The second kappa shape index (κ2) is 7.90. The van der Waals surface area contributed by atoms with Crippen LogP contribution >= 0.6 is 23.2 Å². The number of halogens is 2. The third-order valence-electron chi connectivity index (χ3n) is 3.99. The minimum Gasteiger partial charge on any atom is -0.454 e. The lowest BCUT2D eigenvalue weighted by Gasteiger charge is -2.13. The van der Waals surface area contributed by atoms with Crippen molar-refractivity contribution >= 4 is 52.1 Å². The number of hydrazine groups is 1. The zero-order valence-electron chi connectivity index (χ0n) is 14.7. The fraction of sp³-hybridized carbons (Fsp3) is 0.0556. The van der Waals surface area contributed by atoms with Gasteiger partial charge in [-0.1, -0.05) is 23.2 Å². The van der Waals surface area contributed by atoms with Crippen molar-refractivity contribution in [3.8, 4) is 11.5 Å². The number of hydrogen-bond donors (Lipinski definition) is 4. The highest BCUT2D eigenvalue weighted by Gasteiger charge is 2.16. The number of carbonyl (C=O) groups excluding carboxylic acids is 1. The van der Waals surface area contributed by atoms with E-state index in [9.17, 15) is 4.79 Å². The Balaban J connectivity index is 1.47. The van der Waals surface area contributed by atoms with Crippen molar-refractivity contribution in [2.24, 2.45) is 0 Å². The first kappa shape index (κ1) is 18.9. The van der Waals surface area contributed by atoms with Crippen molar-refractivity contribution in [1.82, 2.24) is 15.4 Å². The normalized spacial score (nSPS) is 11.8. The lowest BCUT2D eigenvalue weighted by atomic mass is 10.2. The molecule has 148 valence electrons. The molecule has 4 rings (SSSR count). The van der Waals surface area contributed by atoms with E-state index >= 15 is 0 Å². The van der Waals surface area contributed by atoms with Gasteiger partial charge in [-0.15, -0.1) is 0 Å². The Morgan fingerprint density at radius 3 is 2.66 bits per heavy atom. The third-order valence-corrected chi connectivity index (χ3v) is 4.54. The first-order valence-electron chi connectivity index (χ1n) is 8.30. The number of nitrogens with zero attached hydrogens (tertiary/aromatic N) is 2. The number of anilines is 4. The van der Waals surface area contributed by atoms with E-state index in [4.69, 9.17) is 38.4 Å². The van der Waals surface area contributed by atoms with Crippen LogP contribution in [0.2, 0.25) is 10.0 Å². The molecule has 1 aliphatic rings. The molecule has 0 spiro atoms. The first-order chi connectivity index (χ1) is 14.0. The van der Waals surface area contributed by atoms with E-state index < -0.39 is 5.91 Å². The average molecular weight is 433 g/mol. The molecule has 0 saturated heterocycles. The highest BCUT2D eigenvalue weighted by Crippen LogP contribution is 2.35. The molecular weight excluding hydrogens is 419 g/mol. The van der Waals surface area contributed by atoms with Gasteiger partial charge in [-0.3, -0.25) is 15.6 Å². The fourth-order valence-corrected chi connectivity index (χ4v) is 3.06. The number of nitrogens with one attached hydrogen (secondary N) is 3. The van der Waals surface area contributed by atoms with E-state index in [0.717, 1.165) is 0 Å². The number of ether oxygens (including phenoxy) is 2. The van der Waals surface area contributed by atoms with Crippen LogP contribution in [0.4, 0.5) is 23.0 Å². The standard InChI is InChI=1S/C18H14Cl2N6O3/c19-9-1-3-11(12(20)5-9)18(27)26-25-17-15(21)16(22-7-23-17)24-10-2-4-13-14(6-10)29-8-28-13/h1-7H,8,21H2,(H,26,27)(H2,22,23,24,25). The molecule has 1 amide bonds. The van der Waals surface area contributed by atoms with Gasteiger partial charge in [0, 0.05) is 16.8 Å². The Labute approximate surface area is 175 Å². The van der Waals surface area contributed by atoms with Gasteiger partial charge in [0.05, 0.1) is 10.6 Å². The molecule has 2 heterocycles. The van der Waals surface area contributed by atoms with Crippen LogP contribution in [0, 0.1) is 0 Å². The Morgan fingerprint density at radius 1 is 1.03 bits per heavy atom. The van der Waals surface area contributed by atoms with Crippen molar-refractivity contribution in [2.75, 3.05) is 23.3 Å². The predicted molar refractivity (Wildman–Crippen MR) is 110 cm³/mol. The monoisotopic (exact) mass is 432 g/mol. The molecular formula is C18H14Cl2N6O3. The summed E-state index contributed by atoms with van der Waals surface area (Å²) in [6, 6.07) is 9.89. The molecule has 29 heavy (non-hydrogen) atoms. The van der Waals surface area contributed by atoms with Gasteiger partial charge in [0.2, 0.25) is 6.79 Å². The van der Waals surface area contributed by atoms with Gasteiger partial charge in [-0.25, -0.2) is 9.97 Å². The molecule has 0 aliphatic carbocycles. The van der Waals surface area contributed by atoms with Crippen molar-refractivity contribution in [2.45, 2.75) is 0 Å². The molecule has 5 N–H and O–H groups in total. The number of fused-ring (bicyclic) bond motifs is 1. The Hall–Kier alpha value is -3.43. The molecule has 1 aliphatic heterocycles. The molecule has 0 unspecified atom stereocenters. The van der Waals surface area contributed by atoms with E-state index in [1.807, 2.05) is 0 Å². The summed E-state index contributed by atoms with van der Waals surface area (Å²) in [5.41, 5.74) is 12.4. The molecule has 3 aromatic rings. The summed E-state index contributed by atoms with van der Waals surface area (Å²) in [5.74, 6) is 1.36. The maximum atomic E-state index is 12.3. The van der Waals surface area contributed by atoms with Gasteiger partial charge in [0.15, 0.2) is 23.1 Å². The van der Waals surface area contributed by atoms with Crippen LogP contribution in [0.15, 0.2) is 42.7 Å². The SMILES string of the molecule is Nc1c(NNC(=O)c2ccc(Cl)cc2Cl)ncnc1Nc1ccc2c(c1)OCO2. The number of nitrogen functional groups attached to an aromatic ring is 1. The highest BCUT2D eigenvalue weighted by molar-refractivity contribution is 6.36. The second-order valence-corrected chi connectivity index (χ2v) is 6.72. The molecule has 0 atom stereocenters. The zero-order valence-corrected chi connectivity index (χ0v) is 16.2. The minimum atomic E-state index is -0.477. The molecule has 0 saturated carbocycles. The summed E-state index contributed by atoms with van der Waals surface area (Å²) < 4.78 is 10.6. The largest absolute Gasteiger partial charge is 0.454 e. The maximum absolute atomic E-state index is 12.3. The highest BCUT2D eigenvalue weighted by atomic mass is 35.5. The molecule has 11 heteroatoms. The lowest BCUT2D eigenvalue weighted by Crippen LogP contribution is -2.30. The Kier molecular flexibility index (Phi) is 5.15. The van der Waals surface area contributed by atoms with E-state index in [0.29, 0.717) is 28.0 Å². The van der Waals surface area contributed by atoms with Gasteiger partial charge < -0.3 is 20.5 Å². The van der Waals surface area contributed by atoms with E-state index in [1.165, 1.54) is 18.5 Å². The van der Waals surface area contributed by atoms with Gasteiger partial charge in [0.1, 0.15) is 12.0 Å². The van der Waals surface area contributed by atoms with Crippen LogP contribution < -0.4 is 31.4 Å². The van der Waals surface area contributed by atoms with Gasteiger partial charge in [-0.2, -0.15) is 0 Å². The summed E-state index contributed by atoms with van der Waals surface area (Å²) in [5, 5.41) is 3.73. The molecule has 0 radical (unpaired) electrons. The van der Waals surface area contributed by atoms with Crippen molar-refractivity contribution in [1.29, 1.82) is 0 Å². The summed E-state index contributed by atoms with van der Waals surface area (Å²) in [7, 11) is 0. The maximum Gasteiger partial charge on any atom is 0.271 e. The molecule has 0 fully saturated rings. The van der Waals surface area contributed by atoms with Crippen LogP contribution in [0.5, 0.6) is 11.5 Å². The van der Waals surface area contributed by atoms with Gasteiger partial charge in [0.25, 0.3) is 5.91 Å². The summed E-state index contributed by atoms with van der Waals surface area (Å²) in [6.45, 7) is 0.180. The van der Waals surface area contributed by atoms with Crippen LogP contribution in [0.3, 0.4) is 0 Å². The zero-order chi connectivity index (χ0) is 20.4. The third kappa shape index (κ3) is 4.05. The topological polar surface area (TPSA) is 123 Å². The van der Waals surface area contributed by atoms with Crippen molar-refractivity contribution < 1.29 is 14.3 Å². The Bertz CT molecular complexity index is 1100. The quantitative estimate of drug-likeness (QED) is 0.450. The van der Waals surface area contributed by atoms with Crippen LogP contribution in [-0.2, 0) is 0 Å². The van der Waals surface area contributed by atoms with Gasteiger partial charge in [-0.05, 0) is 30.3 Å². The van der Waals surface area contributed by atoms with E-state index in [2.05, 4.69) is 26.1 Å². The lowest BCUT2D eigenvalue weighted by molar-refractivity contribution is 0.0962. The van der Waals surface area contributed by atoms with E-state index in [-0.39, 0.29) is 28.9 Å². The number of carbonyl (C=O) groups is 1. The smallest absolute Gasteiger partial charge is 0.271 e. The van der Waals surface area contributed by atoms with Crippen LogP contribution in [-0.4, -0.2) is 22.7 Å². The number of benzene rings is 2. The minimum absolute atomic E-state index is 0.180. The average Bonchev–Trinajstić information content (AvgIpc) is 3.16. The fourth-order valence-electron chi connectivity index (χ4n) is 2.56. The number of amides is 1. The molecule has 0 bridgehead atoms. The molecule has 2 aromatic carbocycles. The predicted octanol–water partition coefficient (Wildman–Crippen LogP) is 3.59.